The summed E-state index contributed by atoms with van der Waals surface area (Å²) in [6, 6.07) is 5.67. The zero-order chi connectivity index (χ0) is 17.6. The molecule has 0 unspecified atom stereocenters. The van der Waals surface area contributed by atoms with Crippen molar-refractivity contribution < 1.29 is 9.53 Å². The fourth-order valence-corrected chi connectivity index (χ4v) is 2.63. The summed E-state index contributed by atoms with van der Waals surface area (Å²) in [5.41, 5.74) is 3.52. The SMILES string of the molecule is COCCNCc1nc(NC=O)cc2cnn(-c3ccnc(C)c3)c12. The minimum absolute atomic E-state index is 0.497. The second-order valence-corrected chi connectivity index (χ2v) is 5.54. The summed E-state index contributed by atoms with van der Waals surface area (Å²) in [5.74, 6) is 0.497. The molecule has 0 bridgehead atoms. The highest BCUT2D eigenvalue weighted by atomic mass is 16.5. The van der Waals surface area contributed by atoms with Gasteiger partial charge >= 0.3 is 0 Å². The normalized spacial score (nSPS) is 11.0. The van der Waals surface area contributed by atoms with Crippen LogP contribution < -0.4 is 10.6 Å². The molecule has 0 saturated carbocycles. The molecule has 0 fully saturated rings. The van der Waals surface area contributed by atoms with E-state index in [0.29, 0.717) is 31.9 Å². The van der Waals surface area contributed by atoms with Gasteiger partial charge in [0.2, 0.25) is 6.41 Å². The highest BCUT2D eigenvalue weighted by Gasteiger charge is 2.13. The van der Waals surface area contributed by atoms with E-state index in [1.807, 2.05) is 23.7 Å². The largest absolute Gasteiger partial charge is 0.383 e. The van der Waals surface area contributed by atoms with Crippen LogP contribution in [0.2, 0.25) is 0 Å². The second kappa shape index (κ2) is 7.82. The maximum Gasteiger partial charge on any atom is 0.212 e. The number of rotatable bonds is 8. The summed E-state index contributed by atoms with van der Waals surface area (Å²) in [4.78, 5) is 19.5. The fourth-order valence-electron chi connectivity index (χ4n) is 2.63. The number of pyridine rings is 2. The van der Waals surface area contributed by atoms with Gasteiger partial charge in [0.1, 0.15) is 5.82 Å². The van der Waals surface area contributed by atoms with Gasteiger partial charge in [0.25, 0.3) is 0 Å². The first-order valence-corrected chi connectivity index (χ1v) is 7.93. The number of carbonyl (C=O) groups excluding carboxylic acids is 1. The average Bonchev–Trinajstić information content (AvgIpc) is 3.03. The molecule has 0 aromatic carbocycles. The summed E-state index contributed by atoms with van der Waals surface area (Å²) in [5, 5.41) is 11.3. The quantitative estimate of drug-likeness (QED) is 0.476. The number of aromatic nitrogens is 4. The van der Waals surface area contributed by atoms with Gasteiger partial charge in [-0.05, 0) is 25.1 Å². The molecule has 3 heterocycles. The van der Waals surface area contributed by atoms with Crippen LogP contribution in [0.3, 0.4) is 0 Å². The predicted molar refractivity (Wildman–Crippen MR) is 94.7 cm³/mol. The van der Waals surface area contributed by atoms with Crippen LogP contribution in [0.5, 0.6) is 0 Å². The van der Waals surface area contributed by atoms with Crippen LogP contribution in [0.4, 0.5) is 5.82 Å². The van der Waals surface area contributed by atoms with Gasteiger partial charge in [-0.25, -0.2) is 9.67 Å². The lowest BCUT2D eigenvalue weighted by atomic mass is 10.2. The van der Waals surface area contributed by atoms with Crippen molar-refractivity contribution in [2.24, 2.45) is 0 Å². The molecule has 3 aromatic heterocycles. The van der Waals surface area contributed by atoms with Crippen LogP contribution in [-0.2, 0) is 16.1 Å². The van der Waals surface area contributed by atoms with Crippen LogP contribution in [0.1, 0.15) is 11.4 Å². The van der Waals surface area contributed by atoms with Crippen LogP contribution in [0.15, 0.2) is 30.6 Å². The van der Waals surface area contributed by atoms with Gasteiger partial charge in [0, 0.05) is 37.5 Å². The molecule has 2 N–H and O–H groups in total. The predicted octanol–water partition coefficient (Wildman–Crippen LogP) is 1.43. The fraction of sp³-hybridized carbons (Fsp3) is 0.294. The Morgan fingerprint density at radius 1 is 1.36 bits per heavy atom. The number of ether oxygens (including phenoxy) is 1. The maximum atomic E-state index is 10.8. The van der Waals surface area contributed by atoms with E-state index >= 15 is 0 Å². The van der Waals surface area contributed by atoms with E-state index in [4.69, 9.17) is 4.74 Å². The van der Waals surface area contributed by atoms with Crippen molar-refractivity contribution >= 4 is 23.1 Å². The van der Waals surface area contributed by atoms with E-state index in [-0.39, 0.29) is 0 Å². The molecule has 3 aromatic rings. The lowest BCUT2D eigenvalue weighted by molar-refractivity contribution is -0.105. The van der Waals surface area contributed by atoms with Gasteiger partial charge in [-0.2, -0.15) is 5.10 Å². The first-order chi connectivity index (χ1) is 12.2. The number of fused-ring (bicyclic) bond motifs is 1. The zero-order valence-electron chi connectivity index (χ0n) is 14.2. The molecule has 0 radical (unpaired) electrons. The topological polar surface area (TPSA) is 94.0 Å². The Kier molecular flexibility index (Phi) is 5.32. The highest BCUT2D eigenvalue weighted by Crippen LogP contribution is 2.24. The molecule has 3 rings (SSSR count). The summed E-state index contributed by atoms with van der Waals surface area (Å²) in [6.07, 6.45) is 4.14. The Morgan fingerprint density at radius 3 is 3.00 bits per heavy atom. The molecule has 25 heavy (non-hydrogen) atoms. The molecule has 0 aliphatic heterocycles. The molecule has 0 spiro atoms. The third-order valence-electron chi connectivity index (χ3n) is 3.73. The molecule has 0 saturated heterocycles. The minimum Gasteiger partial charge on any atom is -0.383 e. The van der Waals surface area contributed by atoms with Gasteiger partial charge in [0.05, 0.1) is 29.7 Å². The maximum absolute atomic E-state index is 10.8. The van der Waals surface area contributed by atoms with E-state index in [1.54, 1.807) is 25.6 Å². The van der Waals surface area contributed by atoms with Gasteiger partial charge in [0.15, 0.2) is 0 Å². The van der Waals surface area contributed by atoms with E-state index in [1.165, 1.54) is 0 Å². The number of aryl methyl sites for hydroxylation is 1. The van der Waals surface area contributed by atoms with Crippen molar-refractivity contribution in [2.45, 2.75) is 13.5 Å². The Morgan fingerprint density at radius 2 is 2.24 bits per heavy atom. The smallest absolute Gasteiger partial charge is 0.212 e. The summed E-state index contributed by atoms with van der Waals surface area (Å²) < 4.78 is 6.90. The number of hydrogen-bond acceptors (Lipinski definition) is 6. The number of nitrogens with one attached hydrogen (secondary N) is 2. The molecular formula is C17H20N6O2. The average molecular weight is 340 g/mol. The number of anilines is 1. The first-order valence-electron chi connectivity index (χ1n) is 7.93. The summed E-state index contributed by atoms with van der Waals surface area (Å²) in [6.45, 7) is 3.78. The van der Waals surface area contributed by atoms with Crippen molar-refractivity contribution in [3.63, 3.8) is 0 Å². The number of nitrogens with zero attached hydrogens (tertiary/aromatic N) is 4. The van der Waals surface area contributed by atoms with E-state index in [0.717, 1.165) is 28.0 Å². The number of carbonyl (C=O) groups is 1. The molecule has 0 aliphatic carbocycles. The van der Waals surface area contributed by atoms with E-state index in [9.17, 15) is 4.79 Å². The Balaban J connectivity index is 2.05. The van der Waals surface area contributed by atoms with E-state index < -0.39 is 0 Å². The molecule has 0 atom stereocenters. The van der Waals surface area contributed by atoms with Gasteiger partial charge in [-0.15, -0.1) is 0 Å². The standard InChI is InChI=1S/C17H20N6O2/c1-12-7-14(3-4-19-12)23-17-13(9-21-23)8-16(20-11-24)22-15(17)10-18-5-6-25-2/h3-4,7-9,11,18H,5-6,10H2,1-2H3,(H,20,22,24). The molecule has 130 valence electrons. The molecular weight excluding hydrogens is 320 g/mol. The highest BCUT2D eigenvalue weighted by molar-refractivity contribution is 5.86. The Bertz CT molecular complexity index is 877. The number of methoxy groups -OCH3 is 1. The van der Waals surface area contributed by atoms with Crippen molar-refractivity contribution in [1.29, 1.82) is 0 Å². The van der Waals surface area contributed by atoms with Crippen molar-refractivity contribution in [1.82, 2.24) is 25.1 Å². The summed E-state index contributed by atoms with van der Waals surface area (Å²) >= 11 is 0. The van der Waals surface area contributed by atoms with E-state index in [2.05, 4.69) is 25.7 Å². The van der Waals surface area contributed by atoms with Crippen LogP contribution in [0.25, 0.3) is 16.6 Å². The lowest BCUT2D eigenvalue weighted by Crippen LogP contribution is -2.20. The monoisotopic (exact) mass is 340 g/mol. The van der Waals surface area contributed by atoms with Gasteiger partial charge < -0.3 is 15.4 Å². The first kappa shape index (κ1) is 17.0. The Labute approximate surface area is 145 Å². The number of amides is 1. The van der Waals surface area contributed by atoms with Gasteiger partial charge in [-0.3, -0.25) is 9.78 Å². The van der Waals surface area contributed by atoms with Crippen LogP contribution in [-0.4, -0.2) is 46.4 Å². The van der Waals surface area contributed by atoms with Crippen molar-refractivity contribution in [3.05, 3.63) is 42.0 Å². The summed E-state index contributed by atoms with van der Waals surface area (Å²) in [7, 11) is 1.66. The molecule has 0 aliphatic rings. The third-order valence-corrected chi connectivity index (χ3v) is 3.73. The zero-order valence-corrected chi connectivity index (χ0v) is 14.2. The third kappa shape index (κ3) is 3.81. The minimum atomic E-state index is 0.497. The lowest BCUT2D eigenvalue weighted by Gasteiger charge is -2.11. The van der Waals surface area contributed by atoms with Crippen molar-refractivity contribution in [3.8, 4) is 5.69 Å². The van der Waals surface area contributed by atoms with Crippen molar-refractivity contribution in [2.75, 3.05) is 25.6 Å². The van der Waals surface area contributed by atoms with Gasteiger partial charge in [-0.1, -0.05) is 0 Å². The molecule has 8 heteroatoms. The second-order valence-electron chi connectivity index (χ2n) is 5.54. The van der Waals surface area contributed by atoms with Crippen LogP contribution >= 0.6 is 0 Å². The Hall–Kier alpha value is -2.84. The van der Waals surface area contributed by atoms with Crippen LogP contribution in [0, 0.1) is 6.92 Å². The number of hydrogen-bond donors (Lipinski definition) is 2. The molecule has 1 amide bonds. The molecule has 8 nitrogen and oxygen atoms in total.